The molecule has 2 N–H and O–H groups in total. The van der Waals surface area contributed by atoms with E-state index in [1.165, 1.54) is 12.1 Å². The van der Waals surface area contributed by atoms with Gasteiger partial charge in [-0.05, 0) is 70.1 Å². The van der Waals surface area contributed by atoms with Crippen molar-refractivity contribution in [1.82, 2.24) is 10.2 Å². The molecule has 0 aromatic heterocycles. The average molecular weight is 457 g/mol. The Hall–Kier alpha value is -2.29. The lowest BCUT2D eigenvalue weighted by molar-refractivity contribution is -0.143. The van der Waals surface area contributed by atoms with E-state index in [1.807, 2.05) is 18.7 Å². The predicted molar refractivity (Wildman–Crippen MR) is 112 cm³/mol. The smallest absolute Gasteiger partial charge is 0.416 e. The number of hydrogen-bond donors (Lipinski definition) is 2. The highest BCUT2D eigenvalue weighted by molar-refractivity contribution is 5.85. The van der Waals surface area contributed by atoms with E-state index in [4.69, 9.17) is 9.84 Å². The van der Waals surface area contributed by atoms with E-state index in [0.29, 0.717) is 38.9 Å². The number of ether oxygens (including phenoxy) is 1. The maximum atomic E-state index is 12.9. The van der Waals surface area contributed by atoms with Crippen molar-refractivity contribution >= 4 is 11.9 Å². The predicted octanol–water partition coefficient (Wildman–Crippen LogP) is 3.94. The lowest BCUT2D eigenvalue weighted by atomic mass is 9.82. The Morgan fingerprint density at radius 1 is 1.16 bits per heavy atom. The van der Waals surface area contributed by atoms with Gasteiger partial charge < -0.3 is 15.2 Å². The molecule has 0 bridgehead atoms. The van der Waals surface area contributed by atoms with Crippen molar-refractivity contribution in [3.05, 3.63) is 29.8 Å². The summed E-state index contributed by atoms with van der Waals surface area (Å²) in [6, 6.07) is 4.84. The monoisotopic (exact) mass is 456 g/mol. The molecule has 1 atom stereocenters. The molecule has 1 aliphatic heterocycles. The minimum absolute atomic E-state index is 0.113. The third kappa shape index (κ3) is 5.94. The summed E-state index contributed by atoms with van der Waals surface area (Å²) in [5, 5.41) is 12.1. The summed E-state index contributed by atoms with van der Waals surface area (Å²) < 4.78 is 44.5. The van der Waals surface area contributed by atoms with Crippen LogP contribution in [0.3, 0.4) is 0 Å². The first kappa shape index (κ1) is 24.4. The highest BCUT2D eigenvalue weighted by Gasteiger charge is 2.40. The fourth-order valence-electron chi connectivity index (χ4n) is 4.48. The maximum Gasteiger partial charge on any atom is 0.416 e. The van der Waals surface area contributed by atoms with Crippen LogP contribution in [-0.4, -0.2) is 53.2 Å². The van der Waals surface area contributed by atoms with Crippen molar-refractivity contribution in [1.29, 1.82) is 0 Å². The molecule has 1 saturated carbocycles. The van der Waals surface area contributed by atoms with Crippen LogP contribution in [0.2, 0.25) is 0 Å². The molecule has 1 aromatic carbocycles. The first-order valence-corrected chi connectivity index (χ1v) is 11.1. The second-order valence-electron chi connectivity index (χ2n) is 9.33. The molecular weight excluding hydrogens is 425 g/mol. The molecule has 3 rings (SSSR count). The largest absolute Gasteiger partial charge is 0.489 e. The Bertz CT molecular complexity index is 820. The summed E-state index contributed by atoms with van der Waals surface area (Å²) in [5.74, 6) is -0.689. The fraction of sp³-hybridized carbons (Fsp3) is 0.652. The number of carbonyl (C=O) groups excluding carboxylic acids is 1. The van der Waals surface area contributed by atoms with Gasteiger partial charge in [-0.2, -0.15) is 13.2 Å². The molecule has 1 heterocycles. The van der Waals surface area contributed by atoms with Gasteiger partial charge in [-0.3, -0.25) is 14.5 Å². The molecule has 1 aromatic rings. The van der Waals surface area contributed by atoms with Crippen LogP contribution in [0.15, 0.2) is 24.3 Å². The molecule has 2 fully saturated rings. The molecule has 0 spiro atoms. The quantitative estimate of drug-likeness (QED) is 0.650. The highest BCUT2D eigenvalue weighted by atomic mass is 19.4. The third-order valence-electron chi connectivity index (χ3n) is 6.70. The topological polar surface area (TPSA) is 78.9 Å². The van der Waals surface area contributed by atoms with E-state index >= 15 is 0 Å². The zero-order valence-corrected chi connectivity index (χ0v) is 18.5. The summed E-state index contributed by atoms with van der Waals surface area (Å²) in [5.41, 5.74) is -1.54. The third-order valence-corrected chi connectivity index (χ3v) is 6.70. The van der Waals surface area contributed by atoms with E-state index in [2.05, 4.69) is 5.32 Å². The number of rotatable bonds is 7. The van der Waals surface area contributed by atoms with E-state index in [1.54, 1.807) is 0 Å². The van der Waals surface area contributed by atoms with Crippen LogP contribution in [0, 0.1) is 11.8 Å². The van der Waals surface area contributed by atoms with Crippen molar-refractivity contribution in [3.8, 4) is 5.75 Å². The molecule has 178 valence electrons. The summed E-state index contributed by atoms with van der Waals surface area (Å²) in [6.07, 6.45) is -1.25. The van der Waals surface area contributed by atoms with Gasteiger partial charge in [0.1, 0.15) is 11.9 Å². The Kier molecular flexibility index (Phi) is 7.37. The number of alkyl halides is 3. The highest BCUT2D eigenvalue weighted by Crippen LogP contribution is 2.33. The molecule has 1 aliphatic carbocycles. The van der Waals surface area contributed by atoms with Crippen molar-refractivity contribution in [3.63, 3.8) is 0 Å². The summed E-state index contributed by atoms with van der Waals surface area (Å²) >= 11 is 0. The second kappa shape index (κ2) is 9.68. The van der Waals surface area contributed by atoms with Crippen LogP contribution in [0.25, 0.3) is 0 Å². The number of hydrogen-bond acceptors (Lipinski definition) is 4. The molecule has 6 nitrogen and oxygen atoms in total. The lowest BCUT2D eigenvalue weighted by Crippen LogP contribution is -2.55. The maximum absolute atomic E-state index is 12.9. The van der Waals surface area contributed by atoms with E-state index in [-0.39, 0.29) is 29.6 Å². The summed E-state index contributed by atoms with van der Waals surface area (Å²) in [7, 11) is 0. The first-order chi connectivity index (χ1) is 15.0. The Morgan fingerprint density at radius 3 is 2.47 bits per heavy atom. The van der Waals surface area contributed by atoms with Crippen LogP contribution in [0.5, 0.6) is 5.75 Å². The van der Waals surface area contributed by atoms with Crippen LogP contribution < -0.4 is 10.1 Å². The average Bonchev–Trinajstić information content (AvgIpc) is 3.21. The van der Waals surface area contributed by atoms with E-state index in [9.17, 15) is 22.8 Å². The van der Waals surface area contributed by atoms with Crippen LogP contribution >= 0.6 is 0 Å². The molecule has 1 amide bonds. The number of benzene rings is 1. The molecule has 0 radical (unpaired) electrons. The number of nitrogens with zero attached hydrogens (tertiary/aromatic N) is 1. The summed E-state index contributed by atoms with van der Waals surface area (Å²) in [4.78, 5) is 25.9. The normalized spacial score (nSPS) is 24.8. The molecule has 2 aliphatic rings. The Balaban J connectivity index is 1.49. The van der Waals surface area contributed by atoms with Gasteiger partial charge in [0.25, 0.3) is 0 Å². The molecule has 9 heteroatoms. The molecular formula is C23H31F3N2O4. The van der Waals surface area contributed by atoms with E-state index < -0.39 is 23.2 Å². The number of halogens is 3. The van der Waals surface area contributed by atoms with Gasteiger partial charge in [-0.1, -0.05) is 6.07 Å². The lowest BCUT2D eigenvalue weighted by Gasteiger charge is -2.35. The van der Waals surface area contributed by atoms with E-state index in [0.717, 1.165) is 25.0 Å². The number of carboxylic acid groups (broad SMARTS) is 1. The SMILES string of the molecule is CC(C)(C(=O)NCC1CCC(C(=O)O)CC1)N1CCC(Oc2cccc(C(F)(F)F)c2)C1. The number of amides is 1. The van der Waals surface area contributed by atoms with Gasteiger partial charge in [0.2, 0.25) is 5.91 Å². The van der Waals surface area contributed by atoms with Gasteiger partial charge in [-0.25, -0.2) is 0 Å². The number of likely N-dealkylation sites (tertiary alicyclic amines) is 1. The van der Waals surface area contributed by atoms with Crippen molar-refractivity contribution in [2.75, 3.05) is 19.6 Å². The number of nitrogens with one attached hydrogen (secondary N) is 1. The summed E-state index contributed by atoms with van der Waals surface area (Å²) in [6.45, 7) is 5.23. The van der Waals surface area contributed by atoms with Crippen molar-refractivity contribution < 1.29 is 32.6 Å². The van der Waals surface area contributed by atoms with Crippen LogP contribution in [0.4, 0.5) is 13.2 Å². The minimum atomic E-state index is -4.42. The molecule has 1 saturated heterocycles. The zero-order valence-electron chi connectivity index (χ0n) is 18.5. The fourth-order valence-corrected chi connectivity index (χ4v) is 4.48. The van der Waals surface area contributed by atoms with Gasteiger partial charge in [-0.15, -0.1) is 0 Å². The van der Waals surface area contributed by atoms with Crippen molar-refractivity contribution in [2.24, 2.45) is 11.8 Å². The zero-order chi connectivity index (χ0) is 23.5. The first-order valence-electron chi connectivity index (χ1n) is 11.1. The van der Waals surface area contributed by atoms with Gasteiger partial charge in [0.15, 0.2) is 0 Å². The Labute approximate surface area is 186 Å². The minimum Gasteiger partial charge on any atom is -0.489 e. The van der Waals surface area contributed by atoms with Crippen LogP contribution in [-0.2, 0) is 15.8 Å². The molecule has 1 unspecified atom stereocenters. The Morgan fingerprint density at radius 2 is 1.84 bits per heavy atom. The number of aliphatic carboxylic acids is 1. The molecule has 32 heavy (non-hydrogen) atoms. The van der Waals surface area contributed by atoms with Gasteiger partial charge >= 0.3 is 12.1 Å². The van der Waals surface area contributed by atoms with Crippen LogP contribution in [0.1, 0.15) is 51.5 Å². The second-order valence-corrected chi connectivity index (χ2v) is 9.33. The number of carbonyl (C=O) groups is 2. The number of carboxylic acids is 1. The standard InChI is InChI=1S/C23H31F3N2O4/c1-22(2,21(31)27-13-15-6-8-16(9-7-15)20(29)30)28-11-10-19(14-28)32-18-5-3-4-17(12-18)23(24,25)26/h3-5,12,15-16,19H,6-11,13-14H2,1-2H3,(H,27,31)(H,29,30). The van der Waals surface area contributed by atoms with Gasteiger partial charge in [0, 0.05) is 19.6 Å². The van der Waals surface area contributed by atoms with Crippen molar-refractivity contribution in [2.45, 2.75) is 63.8 Å². The van der Waals surface area contributed by atoms with Gasteiger partial charge in [0.05, 0.1) is 17.0 Å².